The third kappa shape index (κ3) is 4.77. The zero-order valence-electron chi connectivity index (χ0n) is 16.2. The lowest BCUT2D eigenvalue weighted by molar-refractivity contribution is 0.0947. The fraction of sp³-hybridized carbons (Fsp3) is 0.500. The first-order valence-electron chi connectivity index (χ1n) is 9.35. The van der Waals surface area contributed by atoms with Crippen LogP contribution in [0.4, 0.5) is 0 Å². The summed E-state index contributed by atoms with van der Waals surface area (Å²) in [7, 11) is -0.991. The van der Waals surface area contributed by atoms with Crippen LogP contribution in [-0.4, -0.2) is 42.2 Å². The van der Waals surface area contributed by atoms with Crippen molar-refractivity contribution in [2.75, 3.05) is 18.1 Å². The molecule has 2 aromatic rings. The third-order valence-corrected chi connectivity index (χ3v) is 7.15. The summed E-state index contributed by atoms with van der Waals surface area (Å²) in [5, 5.41) is 7.23. The van der Waals surface area contributed by atoms with Crippen molar-refractivity contribution in [3.8, 4) is 11.3 Å². The number of benzene rings is 1. The minimum absolute atomic E-state index is 0.195. The van der Waals surface area contributed by atoms with E-state index in [-0.39, 0.29) is 11.8 Å². The molecular formula is C20H27N3O3S. The van der Waals surface area contributed by atoms with E-state index in [9.17, 15) is 13.2 Å². The van der Waals surface area contributed by atoms with Crippen LogP contribution in [0.5, 0.6) is 0 Å². The first-order chi connectivity index (χ1) is 12.7. The van der Waals surface area contributed by atoms with Crippen molar-refractivity contribution >= 4 is 15.7 Å². The minimum Gasteiger partial charge on any atom is -0.351 e. The van der Waals surface area contributed by atoms with E-state index < -0.39 is 9.84 Å². The molecule has 1 fully saturated rings. The summed E-state index contributed by atoms with van der Waals surface area (Å²) in [6, 6.07) is 8.02. The largest absolute Gasteiger partial charge is 0.351 e. The number of rotatable bonds is 6. The van der Waals surface area contributed by atoms with Gasteiger partial charge in [0.1, 0.15) is 0 Å². The summed E-state index contributed by atoms with van der Waals surface area (Å²) in [6.45, 7) is 4.67. The molecule has 1 saturated heterocycles. The Morgan fingerprint density at radius 1 is 1.26 bits per heavy atom. The maximum Gasteiger partial charge on any atom is 0.271 e. The van der Waals surface area contributed by atoms with Crippen molar-refractivity contribution in [2.24, 2.45) is 13.0 Å². The summed E-state index contributed by atoms with van der Waals surface area (Å²) in [5.74, 6) is 0.637. The van der Waals surface area contributed by atoms with Crippen LogP contribution in [0.25, 0.3) is 11.3 Å². The van der Waals surface area contributed by atoms with Gasteiger partial charge in [-0.25, -0.2) is 8.42 Å². The molecule has 1 aliphatic rings. The number of hydrogen-bond donors (Lipinski definition) is 1. The number of carbonyl (C=O) groups excluding carboxylic acids is 1. The second-order valence-corrected chi connectivity index (χ2v) is 9.73. The summed E-state index contributed by atoms with van der Waals surface area (Å²) >= 11 is 0. The van der Waals surface area contributed by atoms with Gasteiger partial charge in [0.25, 0.3) is 5.91 Å². The number of hydrogen-bond acceptors (Lipinski definition) is 4. The molecule has 1 aliphatic heterocycles. The Hall–Kier alpha value is -2.15. The van der Waals surface area contributed by atoms with Gasteiger partial charge >= 0.3 is 0 Å². The summed E-state index contributed by atoms with van der Waals surface area (Å²) in [4.78, 5) is 12.4. The van der Waals surface area contributed by atoms with E-state index in [4.69, 9.17) is 0 Å². The number of nitrogens with zero attached hydrogens (tertiary/aromatic N) is 2. The second kappa shape index (κ2) is 7.84. The van der Waals surface area contributed by atoms with E-state index in [2.05, 4.69) is 36.4 Å². The molecule has 1 aromatic heterocycles. The third-order valence-electron chi connectivity index (χ3n) is 5.32. The van der Waals surface area contributed by atoms with Crippen molar-refractivity contribution in [1.82, 2.24) is 15.1 Å². The number of nitrogens with one attached hydrogen (secondary N) is 1. The van der Waals surface area contributed by atoms with Gasteiger partial charge in [0.2, 0.25) is 0 Å². The molecule has 1 unspecified atom stereocenters. The van der Waals surface area contributed by atoms with Gasteiger partial charge in [0, 0.05) is 19.2 Å². The van der Waals surface area contributed by atoms with Crippen LogP contribution in [0.15, 0.2) is 24.3 Å². The lowest BCUT2D eigenvalue weighted by Crippen LogP contribution is -2.25. The Kier molecular flexibility index (Phi) is 5.69. The van der Waals surface area contributed by atoms with Crippen LogP contribution >= 0.6 is 0 Å². The van der Waals surface area contributed by atoms with Gasteiger partial charge in [-0.1, -0.05) is 12.1 Å². The highest BCUT2D eigenvalue weighted by Gasteiger charge is 2.27. The first kappa shape index (κ1) is 19.6. The van der Waals surface area contributed by atoms with Crippen molar-refractivity contribution in [3.05, 3.63) is 41.1 Å². The predicted molar refractivity (Wildman–Crippen MR) is 106 cm³/mol. The SMILES string of the molecule is Cc1ccc(-c2cc(C(=O)NCCCC3CCS(=O)(=O)C3)nn2C)cc1C. The molecule has 27 heavy (non-hydrogen) atoms. The predicted octanol–water partition coefficient (Wildman–Crippen LogP) is 2.65. The number of aromatic nitrogens is 2. The molecule has 3 rings (SSSR count). The van der Waals surface area contributed by atoms with E-state index in [0.717, 1.165) is 30.5 Å². The standard InChI is InChI=1S/C20H27N3O3S/c1-14-6-7-17(11-15(14)2)19-12-18(22-23(19)3)20(24)21-9-4-5-16-8-10-27(25,26)13-16/h6-7,11-12,16H,4-5,8-10,13H2,1-3H3,(H,21,24). The summed E-state index contributed by atoms with van der Waals surface area (Å²) in [5.41, 5.74) is 4.77. The van der Waals surface area contributed by atoms with Crippen molar-refractivity contribution < 1.29 is 13.2 Å². The number of amides is 1. The highest BCUT2D eigenvalue weighted by atomic mass is 32.2. The fourth-order valence-corrected chi connectivity index (χ4v) is 5.44. The summed E-state index contributed by atoms with van der Waals surface area (Å²) < 4.78 is 24.7. The van der Waals surface area contributed by atoms with Crippen LogP contribution in [-0.2, 0) is 16.9 Å². The topological polar surface area (TPSA) is 81.1 Å². The Bertz CT molecular complexity index is 947. The van der Waals surface area contributed by atoms with Gasteiger partial charge in [0.05, 0.1) is 17.2 Å². The highest BCUT2D eigenvalue weighted by Crippen LogP contribution is 2.23. The van der Waals surface area contributed by atoms with Crippen LogP contribution in [0.2, 0.25) is 0 Å². The van der Waals surface area contributed by atoms with Gasteiger partial charge in [-0.05, 0) is 62.3 Å². The molecule has 1 amide bonds. The molecule has 0 bridgehead atoms. The van der Waals surface area contributed by atoms with E-state index in [1.165, 1.54) is 11.1 Å². The van der Waals surface area contributed by atoms with E-state index in [1.807, 2.05) is 19.2 Å². The molecule has 1 N–H and O–H groups in total. The maximum atomic E-state index is 12.4. The van der Waals surface area contributed by atoms with Crippen LogP contribution in [0, 0.1) is 19.8 Å². The molecule has 0 radical (unpaired) electrons. The molecule has 7 heteroatoms. The van der Waals surface area contributed by atoms with Crippen molar-refractivity contribution in [2.45, 2.75) is 33.1 Å². The van der Waals surface area contributed by atoms with Crippen molar-refractivity contribution in [1.29, 1.82) is 0 Å². The van der Waals surface area contributed by atoms with Crippen LogP contribution < -0.4 is 5.32 Å². The Morgan fingerprint density at radius 2 is 2.04 bits per heavy atom. The first-order valence-corrected chi connectivity index (χ1v) is 11.2. The van der Waals surface area contributed by atoms with Gasteiger partial charge in [-0.15, -0.1) is 0 Å². The quantitative estimate of drug-likeness (QED) is 0.770. The molecular weight excluding hydrogens is 362 g/mol. The molecule has 6 nitrogen and oxygen atoms in total. The average Bonchev–Trinajstić information content (AvgIpc) is 3.16. The second-order valence-electron chi connectivity index (χ2n) is 7.50. The van der Waals surface area contributed by atoms with Crippen LogP contribution in [0.3, 0.4) is 0 Å². The van der Waals surface area contributed by atoms with E-state index in [1.54, 1.807) is 4.68 Å². The van der Waals surface area contributed by atoms with Gasteiger partial charge < -0.3 is 5.32 Å². The monoisotopic (exact) mass is 389 g/mol. The van der Waals surface area contributed by atoms with Gasteiger partial charge in [-0.2, -0.15) is 5.10 Å². The highest BCUT2D eigenvalue weighted by molar-refractivity contribution is 7.91. The maximum absolute atomic E-state index is 12.4. The normalized spacial score (nSPS) is 18.6. The van der Waals surface area contributed by atoms with Gasteiger partial charge in [0.15, 0.2) is 15.5 Å². The molecule has 2 heterocycles. The fourth-order valence-electron chi connectivity index (χ4n) is 3.53. The lowest BCUT2D eigenvalue weighted by Gasteiger charge is -2.07. The smallest absolute Gasteiger partial charge is 0.271 e. The molecule has 1 aromatic carbocycles. The minimum atomic E-state index is -2.83. The van der Waals surface area contributed by atoms with Gasteiger partial charge in [-0.3, -0.25) is 9.48 Å². The average molecular weight is 390 g/mol. The molecule has 0 saturated carbocycles. The number of carbonyl (C=O) groups is 1. The zero-order valence-corrected chi connectivity index (χ0v) is 17.0. The molecule has 0 aliphatic carbocycles. The Balaban J connectivity index is 1.55. The van der Waals surface area contributed by atoms with E-state index >= 15 is 0 Å². The molecule has 146 valence electrons. The molecule has 0 spiro atoms. The zero-order chi connectivity index (χ0) is 19.6. The Morgan fingerprint density at radius 3 is 2.70 bits per heavy atom. The summed E-state index contributed by atoms with van der Waals surface area (Å²) in [6.07, 6.45) is 2.36. The van der Waals surface area contributed by atoms with Crippen LogP contribution in [0.1, 0.15) is 40.9 Å². The Labute approximate surface area is 160 Å². The number of sulfone groups is 1. The number of aryl methyl sites for hydroxylation is 3. The van der Waals surface area contributed by atoms with E-state index in [0.29, 0.717) is 23.7 Å². The van der Waals surface area contributed by atoms with Crippen molar-refractivity contribution in [3.63, 3.8) is 0 Å². The molecule has 1 atom stereocenters. The lowest BCUT2D eigenvalue weighted by atomic mass is 10.0.